The maximum absolute atomic E-state index is 13.4. The summed E-state index contributed by atoms with van der Waals surface area (Å²) in [5.41, 5.74) is -1.73. The van der Waals surface area contributed by atoms with Crippen molar-refractivity contribution in [2.24, 2.45) is 0 Å². The number of carboxylic acids is 1. The molecule has 1 aromatic carbocycles. The number of carbonyl (C=O) groups excluding carboxylic acids is 1. The second kappa shape index (κ2) is 8.02. The molecule has 116 valence electrons. The zero-order valence-corrected chi connectivity index (χ0v) is 12.9. The minimum atomic E-state index is -1.85. The van der Waals surface area contributed by atoms with Gasteiger partial charge in [-0.1, -0.05) is 12.1 Å². The van der Waals surface area contributed by atoms with Gasteiger partial charge in [0.25, 0.3) is 0 Å². The Kier molecular flexibility index (Phi) is 6.68. The molecule has 6 heteroatoms. The molecule has 0 bridgehead atoms. The van der Waals surface area contributed by atoms with Crippen molar-refractivity contribution in [1.29, 1.82) is 0 Å². The van der Waals surface area contributed by atoms with Crippen molar-refractivity contribution in [1.82, 2.24) is 0 Å². The molecule has 0 fully saturated rings. The number of hydrogen-bond donors (Lipinski definition) is 1. The first kappa shape index (κ1) is 17.5. The lowest BCUT2D eigenvalue weighted by atomic mass is 9.76. The highest BCUT2D eigenvalue weighted by Crippen LogP contribution is 2.32. The van der Waals surface area contributed by atoms with Gasteiger partial charge in [0.2, 0.25) is 0 Å². The van der Waals surface area contributed by atoms with Crippen molar-refractivity contribution in [2.75, 3.05) is 18.6 Å². The summed E-state index contributed by atoms with van der Waals surface area (Å²) in [6.07, 6.45) is 2.49. The molecular formula is C15H19FO4S. The molecule has 0 spiro atoms. The van der Waals surface area contributed by atoms with Crippen molar-refractivity contribution in [3.8, 4) is 0 Å². The van der Waals surface area contributed by atoms with Crippen LogP contribution in [0.4, 0.5) is 4.39 Å². The van der Waals surface area contributed by atoms with E-state index in [1.165, 1.54) is 18.2 Å². The van der Waals surface area contributed by atoms with Crippen LogP contribution < -0.4 is 0 Å². The topological polar surface area (TPSA) is 63.6 Å². The Morgan fingerprint density at radius 3 is 2.67 bits per heavy atom. The third-order valence-corrected chi connectivity index (χ3v) is 3.90. The van der Waals surface area contributed by atoms with Gasteiger partial charge < -0.3 is 9.84 Å². The van der Waals surface area contributed by atoms with Crippen LogP contribution >= 0.6 is 11.8 Å². The summed E-state index contributed by atoms with van der Waals surface area (Å²) in [6.45, 7) is 1.68. The molecule has 0 amide bonds. The van der Waals surface area contributed by atoms with E-state index in [4.69, 9.17) is 4.74 Å². The van der Waals surface area contributed by atoms with Crippen LogP contribution in [0.25, 0.3) is 0 Å². The van der Waals surface area contributed by atoms with Crippen LogP contribution in [0, 0.1) is 5.82 Å². The van der Waals surface area contributed by atoms with E-state index in [0.717, 1.165) is 6.07 Å². The largest absolute Gasteiger partial charge is 0.480 e. The van der Waals surface area contributed by atoms with Crippen LogP contribution in [0.2, 0.25) is 0 Å². The summed E-state index contributed by atoms with van der Waals surface area (Å²) in [5.74, 6) is -2.02. The van der Waals surface area contributed by atoms with Crippen molar-refractivity contribution in [3.63, 3.8) is 0 Å². The number of rotatable bonds is 8. The first-order chi connectivity index (χ1) is 9.98. The lowest BCUT2D eigenvalue weighted by Crippen LogP contribution is -2.45. The summed E-state index contributed by atoms with van der Waals surface area (Å²) in [7, 11) is 0. The SMILES string of the molecule is CCOC(=O)C(CCCSC)(C(=O)O)c1cccc(F)c1. The van der Waals surface area contributed by atoms with E-state index in [0.29, 0.717) is 12.2 Å². The van der Waals surface area contributed by atoms with Gasteiger partial charge >= 0.3 is 11.9 Å². The van der Waals surface area contributed by atoms with Crippen LogP contribution in [0.15, 0.2) is 24.3 Å². The highest BCUT2D eigenvalue weighted by Gasteiger charge is 2.49. The summed E-state index contributed by atoms with van der Waals surface area (Å²) >= 11 is 1.56. The Hall–Kier alpha value is -1.56. The normalized spacial score (nSPS) is 13.5. The summed E-state index contributed by atoms with van der Waals surface area (Å²) in [6, 6.07) is 5.15. The van der Waals surface area contributed by atoms with E-state index in [2.05, 4.69) is 0 Å². The zero-order valence-electron chi connectivity index (χ0n) is 12.1. The number of thioether (sulfide) groups is 1. The van der Waals surface area contributed by atoms with Gasteiger partial charge in [-0.15, -0.1) is 0 Å². The Morgan fingerprint density at radius 2 is 2.14 bits per heavy atom. The van der Waals surface area contributed by atoms with Crippen LogP contribution in [-0.4, -0.2) is 35.7 Å². The predicted molar refractivity (Wildman–Crippen MR) is 80.0 cm³/mol. The fraction of sp³-hybridized carbons (Fsp3) is 0.467. The maximum atomic E-state index is 13.4. The third kappa shape index (κ3) is 3.97. The number of hydrogen-bond acceptors (Lipinski definition) is 4. The van der Waals surface area contributed by atoms with Crippen molar-refractivity contribution in [3.05, 3.63) is 35.6 Å². The number of benzene rings is 1. The van der Waals surface area contributed by atoms with Gasteiger partial charge in [0.15, 0.2) is 5.41 Å². The molecule has 1 unspecified atom stereocenters. The number of esters is 1. The molecule has 4 nitrogen and oxygen atoms in total. The fourth-order valence-electron chi connectivity index (χ4n) is 2.17. The first-order valence-electron chi connectivity index (χ1n) is 6.64. The molecule has 1 rings (SSSR count). The van der Waals surface area contributed by atoms with Gasteiger partial charge in [0.1, 0.15) is 5.82 Å². The fourth-order valence-corrected chi connectivity index (χ4v) is 2.60. The molecule has 21 heavy (non-hydrogen) atoms. The van der Waals surface area contributed by atoms with Gasteiger partial charge in [-0.2, -0.15) is 11.8 Å². The quantitative estimate of drug-likeness (QED) is 0.454. The highest BCUT2D eigenvalue weighted by molar-refractivity contribution is 7.98. The summed E-state index contributed by atoms with van der Waals surface area (Å²) in [4.78, 5) is 24.1. The second-order valence-electron chi connectivity index (χ2n) is 4.54. The Bertz CT molecular complexity index is 506. The van der Waals surface area contributed by atoms with E-state index in [1.807, 2.05) is 6.26 Å². The molecule has 1 atom stereocenters. The van der Waals surface area contributed by atoms with Crippen molar-refractivity contribution < 1.29 is 23.8 Å². The van der Waals surface area contributed by atoms with Gasteiger partial charge in [-0.3, -0.25) is 9.59 Å². The molecule has 0 saturated heterocycles. The van der Waals surface area contributed by atoms with Gasteiger partial charge in [0, 0.05) is 0 Å². The Balaban J connectivity index is 3.29. The number of aliphatic carboxylic acids is 1. The Morgan fingerprint density at radius 1 is 1.43 bits per heavy atom. The molecule has 0 saturated carbocycles. The van der Waals surface area contributed by atoms with E-state index < -0.39 is 23.2 Å². The van der Waals surface area contributed by atoms with E-state index in [1.54, 1.807) is 18.7 Å². The molecule has 0 aliphatic rings. The first-order valence-corrected chi connectivity index (χ1v) is 8.04. The van der Waals surface area contributed by atoms with Crippen LogP contribution in [0.3, 0.4) is 0 Å². The monoisotopic (exact) mass is 314 g/mol. The molecule has 1 N–H and O–H groups in total. The minimum Gasteiger partial charge on any atom is -0.480 e. The highest BCUT2D eigenvalue weighted by atomic mass is 32.2. The third-order valence-electron chi connectivity index (χ3n) is 3.21. The average Bonchev–Trinajstić information content (AvgIpc) is 2.43. The lowest BCUT2D eigenvalue weighted by Gasteiger charge is -2.27. The number of carbonyl (C=O) groups is 2. The molecule has 0 aromatic heterocycles. The smallest absolute Gasteiger partial charge is 0.328 e. The van der Waals surface area contributed by atoms with E-state index >= 15 is 0 Å². The Labute approximate surface area is 127 Å². The second-order valence-corrected chi connectivity index (χ2v) is 5.52. The molecule has 0 heterocycles. The van der Waals surface area contributed by atoms with Gasteiger partial charge in [-0.25, -0.2) is 4.39 Å². The molecule has 0 radical (unpaired) electrons. The maximum Gasteiger partial charge on any atom is 0.328 e. The summed E-state index contributed by atoms with van der Waals surface area (Å²) in [5, 5.41) is 9.63. The summed E-state index contributed by atoms with van der Waals surface area (Å²) < 4.78 is 18.4. The molecule has 1 aromatic rings. The van der Waals surface area contributed by atoms with Gasteiger partial charge in [0.05, 0.1) is 6.61 Å². The van der Waals surface area contributed by atoms with Crippen molar-refractivity contribution in [2.45, 2.75) is 25.2 Å². The molecular weight excluding hydrogens is 295 g/mol. The van der Waals surface area contributed by atoms with E-state index in [9.17, 15) is 19.1 Å². The van der Waals surface area contributed by atoms with E-state index in [-0.39, 0.29) is 18.6 Å². The zero-order chi connectivity index (χ0) is 15.9. The molecule has 0 aliphatic carbocycles. The minimum absolute atomic E-state index is 0.0749. The number of halogens is 1. The van der Waals surface area contributed by atoms with Crippen molar-refractivity contribution >= 4 is 23.7 Å². The number of carboxylic acid groups (broad SMARTS) is 1. The van der Waals surface area contributed by atoms with Crippen LogP contribution in [-0.2, 0) is 19.7 Å². The average molecular weight is 314 g/mol. The van der Waals surface area contributed by atoms with Crippen LogP contribution in [0.5, 0.6) is 0 Å². The number of ether oxygens (including phenoxy) is 1. The lowest BCUT2D eigenvalue weighted by molar-refractivity contribution is -0.162. The molecule has 0 aliphatic heterocycles. The van der Waals surface area contributed by atoms with Crippen LogP contribution in [0.1, 0.15) is 25.3 Å². The van der Waals surface area contributed by atoms with Gasteiger partial charge in [-0.05, 0) is 49.5 Å². The predicted octanol–water partition coefficient (Wildman–Crippen LogP) is 2.85. The standard InChI is InChI=1S/C15H19FO4S/c1-3-20-14(19)15(13(17)18,8-5-9-21-2)11-6-4-7-12(16)10-11/h4,6-7,10H,3,5,8-9H2,1-2H3,(H,17,18).